The van der Waals surface area contributed by atoms with Gasteiger partial charge >= 0.3 is 0 Å². The summed E-state index contributed by atoms with van der Waals surface area (Å²) in [4.78, 5) is 5.34. The maximum atomic E-state index is 12.1. The summed E-state index contributed by atoms with van der Waals surface area (Å²) in [5.74, 6) is 0.161. The van der Waals surface area contributed by atoms with Crippen LogP contribution in [0.3, 0.4) is 0 Å². The van der Waals surface area contributed by atoms with Gasteiger partial charge in [-0.3, -0.25) is 0 Å². The monoisotopic (exact) mass is 303 g/mol. The second kappa shape index (κ2) is 5.87. The van der Waals surface area contributed by atoms with E-state index in [-0.39, 0.29) is 17.8 Å². The molecule has 0 aliphatic carbocycles. The number of rotatable bonds is 5. The van der Waals surface area contributed by atoms with E-state index in [4.69, 9.17) is 0 Å². The summed E-state index contributed by atoms with van der Waals surface area (Å²) in [5, 5.41) is 4.18. The maximum Gasteiger partial charge on any atom is 0.213 e. The van der Waals surface area contributed by atoms with E-state index in [9.17, 15) is 8.42 Å². The van der Waals surface area contributed by atoms with Crippen molar-refractivity contribution in [3.8, 4) is 0 Å². The van der Waals surface area contributed by atoms with Crippen LogP contribution in [0, 0.1) is 13.8 Å². The molecule has 1 saturated heterocycles. The molecule has 0 bridgehead atoms. The highest BCUT2D eigenvalue weighted by Gasteiger charge is 2.24. The van der Waals surface area contributed by atoms with Gasteiger partial charge in [0.25, 0.3) is 0 Å². The Bertz CT molecular complexity index is 533. The number of hydrogen-bond donors (Lipinski definition) is 2. The summed E-state index contributed by atoms with van der Waals surface area (Å²) >= 11 is 1.55. The van der Waals surface area contributed by atoms with Gasteiger partial charge in [-0.15, -0.1) is 11.3 Å². The van der Waals surface area contributed by atoms with Crippen molar-refractivity contribution in [2.75, 3.05) is 12.3 Å². The lowest BCUT2D eigenvalue weighted by Gasteiger charge is -2.16. The van der Waals surface area contributed by atoms with Gasteiger partial charge < -0.3 is 5.32 Å². The number of nitrogens with zero attached hydrogens (tertiary/aromatic N) is 1. The predicted octanol–water partition coefficient (Wildman–Crippen LogP) is 1.49. The average Bonchev–Trinajstić information content (AvgIpc) is 2.86. The van der Waals surface area contributed by atoms with Crippen molar-refractivity contribution in [2.45, 2.75) is 45.7 Å². The summed E-state index contributed by atoms with van der Waals surface area (Å²) in [6, 6.07) is -0.119. The SMILES string of the molecule is Cc1nc(C)c(C(C)NS(=O)(=O)CC2CCCN2)s1. The van der Waals surface area contributed by atoms with Gasteiger partial charge in [0.2, 0.25) is 10.0 Å². The van der Waals surface area contributed by atoms with E-state index in [1.165, 1.54) is 0 Å². The van der Waals surface area contributed by atoms with Crippen LogP contribution in [0.25, 0.3) is 0 Å². The molecule has 1 aliphatic heterocycles. The summed E-state index contributed by atoms with van der Waals surface area (Å²) in [5.41, 5.74) is 0.914. The van der Waals surface area contributed by atoms with E-state index in [1.807, 2.05) is 20.8 Å². The standard InChI is InChI=1S/C12H21N3O2S2/c1-8-12(18-10(3)14-8)9(2)15-19(16,17)7-11-5-4-6-13-11/h9,11,13,15H,4-7H2,1-3H3. The molecule has 108 valence electrons. The molecule has 0 radical (unpaired) electrons. The van der Waals surface area contributed by atoms with Crippen LogP contribution in [-0.4, -0.2) is 31.7 Å². The molecule has 2 atom stereocenters. The first-order chi connectivity index (χ1) is 8.87. The molecule has 7 heteroatoms. The van der Waals surface area contributed by atoms with Gasteiger partial charge in [-0.1, -0.05) is 0 Å². The first-order valence-electron chi connectivity index (χ1n) is 6.55. The van der Waals surface area contributed by atoms with Crippen molar-refractivity contribution < 1.29 is 8.42 Å². The fourth-order valence-corrected chi connectivity index (χ4v) is 5.06. The van der Waals surface area contributed by atoms with Crippen LogP contribution in [0.2, 0.25) is 0 Å². The lowest BCUT2D eigenvalue weighted by atomic mass is 10.2. The second-order valence-corrected chi connectivity index (χ2v) is 8.13. The van der Waals surface area contributed by atoms with Crippen molar-refractivity contribution in [3.05, 3.63) is 15.6 Å². The zero-order valence-electron chi connectivity index (χ0n) is 11.6. The first-order valence-corrected chi connectivity index (χ1v) is 9.01. The highest BCUT2D eigenvalue weighted by atomic mass is 32.2. The van der Waals surface area contributed by atoms with Crippen molar-refractivity contribution >= 4 is 21.4 Å². The van der Waals surface area contributed by atoms with Crippen LogP contribution in [0.15, 0.2) is 0 Å². The molecule has 1 fully saturated rings. The van der Waals surface area contributed by atoms with Gasteiger partial charge in [-0.05, 0) is 40.2 Å². The Hall–Kier alpha value is -0.500. The number of sulfonamides is 1. The average molecular weight is 303 g/mol. The Balaban J connectivity index is 2.00. The smallest absolute Gasteiger partial charge is 0.213 e. The minimum atomic E-state index is -3.25. The third kappa shape index (κ3) is 3.98. The topological polar surface area (TPSA) is 71.1 Å². The molecule has 0 amide bonds. The van der Waals surface area contributed by atoms with Gasteiger partial charge in [-0.2, -0.15) is 0 Å². The van der Waals surface area contributed by atoms with Crippen LogP contribution in [0.4, 0.5) is 0 Å². The predicted molar refractivity (Wildman–Crippen MR) is 78.0 cm³/mol. The molecular formula is C12H21N3O2S2. The Labute approximate surface area is 118 Å². The van der Waals surface area contributed by atoms with Crippen LogP contribution >= 0.6 is 11.3 Å². The Morgan fingerprint density at radius 2 is 2.26 bits per heavy atom. The van der Waals surface area contributed by atoms with Gasteiger partial charge in [-0.25, -0.2) is 18.1 Å². The second-order valence-electron chi connectivity index (χ2n) is 5.10. The normalized spacial score (nSPS) is 21.7. The minimum absolute atomic E-state index is 0.0917. The van der Waals surface area contributed by atoms with Crippen LogP contribution < -0.4 is 10.0 Å². The van der Waals surface area contributed by atoms with E-state index in [0.717, 1.165) is 35.0 Å². The summed E-state index contributed by atoms with van der Waals surface area (Å²) < 4.78 is 27.0. The van der Waals surface area contributed by atoms with E-state index >= 15 is 0 Å². The maximum absolute atomic E-state index is 12.1. The van der Waals surface area contributed by atoms with Crippen molar-refractivity contribution in [1.29, 1.82) is 0 Å². The van der Waals surface area contributed by atoms with Gasteiger partial charge in [0.1, 0.15) is 0 Å². The van der Waals surface area contributed by atoms with Gasteiger partial charge in [0, 0.05) is 10.9 Å². The Kier molecular flexibility index (Phi) is 4.60. The Morgan fingerprint density at radius 1 is 1.53 bits per heavy atom. The van der Waals surface area contributed by atoms with E-state index in [0.29, 0.717) is 0 Å². The molecule has 2 heterocycles. The van der Waals surface area contributed by atoms with Crippen molar-refractivity contribution in [3.63, 3.8) is 0 Å². The van der Waals surface area contributed by atoms with Crippen molar-refractivity contribution in [1.82, 2.24) is 15.0 Å². The van der Waals surface area contributed by atoms with Gasteiger partial charge in [0.15, 0.2) is 0 Å². The quantitative estimate of drug-likeness (QED) is 0.864. The lowest BCUT2D eigenvalue weighted by Crippen LogP contribution is -2.37. The van der Waals surface area contributed by atoms with Crippen molar-refractivity contribution in [2.24, 2.45) is 0 Å². The minimum Gasteiger partial charge on any atom is -0.313 e. The molecule has 1 aliphatic rings. The largest absolute Gasteiger partial charge is 0.313 e. The zero-order chi connectivity index (χ0) is 14.0. The molecule has 1 aromatic heterocycles. The molecule has 2 N–H and O–H groups in total. The molecular weight excluding hydrogens is 282 g/mol. The zero-order valence-corrected chi connectivity index (χ0v) is 13.2. The number of aromatic nitrogens is 1. The molecule has 2 unspecified atom stereocenters. The van der Waals surface area contributed by atoms with E-state index in [1.54, 1.807) is 11.3 Å². The summed E-state index contributed by atoms with van der Waals surface area (Å²) in [6.07, 6.45) is 2.00. The fraction of sp³-hybridized carbons (Fsp3) is 0.750. The van der Waals surface area contributed by atoms with E-state index in [2.05, 4.69) is 15.0 Å². The van der Waals surface area contributed by atoms with Gasteiger partial charge in [0.05, 0.1) is 22.5 Å². The van der Waals surface area contributed by atoms with Crippen LogP contribution in [-0.2, 0) is 10.0 Å². The number of thiazole rings is 1. The van der Waals surface area contributed by atoms with Crippen LogP contribution in [0.5, 0.6) is 0 Å². The molecule has 0 saturated carbocycles. The summed E-state index contributed by atoms with van der Waals surface area (Å²) in [6.45, 7) is 6.65. The molecule has 5 nitrogen and oxygen atoms in total. The Morgan fingerprint density at radius 3 is 2.79 bits per heavy atom. The van der Waals surface area contributed by atoms with E-state index < -0.39 is 10.0 Å². The number of hydrogen-bond acceptors (Lipinski definition) is 5. The highest BCUT2D eigenvalue weighted by Crippen LogP contribution is 2.25. The third-order valence-electron chi connectivity index (χ3n) is 3.27. The molecule has 0 spiro atoms. The molecule has 0 aromatic carbocycles. The van der Waals surface area contributed by atoms with Crippen LogP contribution in [0.1, 0.15) is 41.4 Å². The molecule has 1 aromatic rings. The number of aryl methyl sites for hydroxylation is 2. The molecule has 19 heavy (non-hydrogen) atoms. The first kappa shape index (κ1) is 14.9. The molecule has 2 rings (SSSR count). The fourth-order valence-electron chi connectivity index (χ4n) is 2.48. The summed E-state index contributed by atoms with van der Waals surface area (Å²) in [7, 11) is -3.25. The highest BCUT2D eigenvalue weighted by molar-refractivity contribution is 7.89. The third-order valence-corrected chi connectivity index (χ3v) is 6.08. The number of nitrogens with one attached hydrogen (secondary N) is 2. The lowest BCUT2D eigenvalue weighted by molar-refractivity contribution is 0.552.